The first kappa shape index (κ1) is 24.5. The van der Waals surface area contributed by atoms with Crippen molar-refractivity contribution in [1.82, 2.24) is 10.6 Å². The molecule has 0 saturated carbocycles. The molecule has 0 aromatic heterocycles. The van der Waals surface area contributed by atoms with E-state index >= 15 is 0 Å². The van der Waals surface area contributed by atoms with Gasteiger partial charge in [-0.1, -0.05) is 13.8 Å². The van der Waals surface area contributed by atoms with Gasteiger partial charge in [-0.2, -0.15) is 8.78 Å². The lowest BCUT2D eigenvalue weighted by Gasteiger charge is -2.15. The van der Waals surface area contributed by atoms with E-state index in [2.05, 4.69) is 34.2 Å². The van der Waals surface area contributed by atoms with E-state index in [-0.39, 0.29) is 43.1 Å². The molecular formula is C18H28F2IN3O4. The predicted octanol–water partition coefficient (Wildman–Crippen LogP) is 3.36. The number of nitrogens with zero attached hydrogens (tertiary/aromatic N) is 1. The Morgan fingerprint density at radius 3 is 2.57 bits per heavy atom. The number of hydrogen-bond donors (Lipinski definition) is 2. The maximum Gasteiger partial charge on any atom is 0.387 e. The number of guanidine groups is 1. The van der Waals surface area contributed by atoms with Gasteiger partial charge in [0.25, 0.3) is 0 Å². The molecular weight excluding hydrogens is 487 g/mol. The average Bonchev–Trinajstić information content (AvgIpc) is 3.06. The summed E-state index contributed by atoms with van der Waals surface area (Å²) in [6.45, 7) is 3.66. The van der Waals surface area contributed by atoms with Gasteiger partial charge in [0.15, 0.2) is 17.5 Å². The fourth-order valence-electron chi connectivity index (χ4n) is 2.41. The zero-order valence-electron chi connectivity index (χ0n) is 16.3. The van der Waals surface area contributed by atoms with Crippen molar-refractivity contribution in [1.29, 1.82) is 0 Å². The van der Waals surface area contributed by atoms with E-state index in [1.54, 1.807) is 13.1 Å². The van der Waals surface area contributed by atoms with Gasteiger partial charge in [0, 0.05) is 45.0 Å². The molecule has 1 aliphatic rings. The van der Waals surface area contributed by atoms with Crippen LogP contribution in [0.15, 0.2) is 17.1 Å². The van der Waals surface area contributed by atoms with E-state index in [0.717, 1.165) is 13.0 Å². The Hall–Kier alpha value is -1.56. The minimum Gasteiger partial charge on any atom is -0.454 e. The summed E-state index contributed by atoms with van der Waals surface area (Å²) in [5, 5.41) is 6.23. The Balaban J connectivity index is 0.00000392. The number of rotatable bonds is 10. The van der Waals surface area contributed by atoms with E-state index in [1.165, 1.54) is 6.07 Å². The smallest absolute Gasteiger partial charge is 0.387 e. The minimum absolute atomic E-state index is 0. The highest BCUT2D eigenvalue weighted by Gasteiger charge is 2.20. The van der Waals surface area contributed by atoms with Gasteiger partial charge in [0.1, 0.15) is 5.75 Å². The molecule has 10 heteroatoms. The molecule has 0 fully saturated rings. The van der Waals surface area contributed by atoms with Crippen molar-refractivity contribution in [2.45, 2.75) is 33.4 Å². The van der Waals surface area contributed by atoms with E-state index in [9.17, 15) is 8.78 Å². The summed E-state index contributed by atoms with van der Waals surface area (Å²) < 4.78 is 46.0. The minimum atomic E-state index is -2.92. The molecule has 160 valence electrons. The topological polar surface area (TPSA) is 73.3 Å². The van der Waals surface area contributed by atoms with Crippen molar-refractivity contribution in [2.75, 3.05) is 33.6 Å². The normalized spacial score (nSPS) is 12.9. The summed E-state index contributed by atoms with van der Waals surface area (Å²) >= 11 is 0. The summed E-state index contributed by atoms with van der Waals surface area (Å²) in [4.78, 5) is 4.12. The second kappa shape index (κ2) is 12.8. The average molecular weight is 515 g/mol. The molecule has 0 unspecified atom stereocenters. The second-order valence-electron chi connectivity index (χ2n) is 6.37. The van der Waals surface area contributed by atoms with E-state index < -0.39 is 6.61 Å². The largest absolute Gasteiger partial charge is 0.454 e. The number of halogens is 3. The van der Waals surface area contributed by atoms with Gasteiger partial charge in [-0.15, -0.1) is 24.0 Å². The highest BCUT2D eigenvalue weighted by atomic mass is 127. The lowest BCUT2D eigenvalue weighted by Crippen LogP contribution is -2.37. The zero-order chi connectivity index (χ0) is 19.6. The summed E-state index contributed by atoms with van der Waals surface area (Å²) in [5.74, 6) is 1.99. The number of hydrogen-bond acceptors (Lipinski definition) is 5. The first-order valence-corrected chi connectivity index (χ1v) is 8.89. The Bertz CT molecular complexity index is 633. The second-order valence-corrected chi connectivity index (χ2v) is 6.37. The number of benzene rings is 1. The predicted molar refractivity (Wildman–Crippen MR) is 113 cm³/mol. The molecule has 0 atom stereocenters. The van der Waals surface area contributed by atoms with Crippen molar-refractivity contribution >= 4 is 29.9 Å². The summed E-state index contributed by atoms with van der Waals surface area (Å²) in [6, 6.07) is 3.04. The van der Waals surface area contributed by atoms with Gasteiger partial charge in [-0.25, -0.2) is 0 Å². The SMILES string of the molecule is CN=C(NCCCOCC(C)C)NCc1cc2c(cc1OC(F)F)OCO2.I. The highest BCUT2D eigenvalue weighted by molar-refractivity contribution is 14.0. The number of alkyl halides is 2. The van der Waals surface area contributed by atoms with Crippen LogP contribution in [0.1, 0.15) is 25.8 Å². The van der Waals surface area contributed by atoms with Crippen LogP contribution in [0.5, 0.6) is 17.2 Å². The Labute approximate surface area is 181 Å². The number of aliphatic imine (C=N–C) groups is 1. The molecule has 1 heterocycles. The van der Waals surface area contributed by atoms with Crippen LogP contribution in [0.2, 0.25) is 0 Å². The van der Waals surface area contributed by atoms with Crippen LogP contribution in [-0.2, 0) is 11.3 Å². The third-order valence-corrected chi connectivity index (χ3v) is 3.65. The Morgan fingerprint density at radius 2 is 1.93 bits per heavy atom. The third-order valence-electron chi connectivity index (χ3n) is 3.65. The molecule has 2 rings (SSSR count). The monoisotopic (exact) mass is 515 g/mol. The van der Waals surface area contributed by atoms with Crippen molar-refractivity contribution in [3.63, 3.8) is 0 Å². The zero-order valence-corrected chi connectivity index (χ0v) is 18.6. The van der Waals surface area contributed by atoms with Gasteiger partial charge in [0.05, 0.1) is 0 Å². The van der Waals surface area contributed by atoms with Crippen LogP contribution >= 0.6 is 24.0 Å². The Kier molecular flexibility index (Phi) is 11.2. The van der Waals surface area contributed by atoms with E-state index in [1.807, 2.05) is 0 Å². The number of ether oxygens (including phenoxy) is 4. The van der Waals surface area contributed by atoms with Gasteiger partial charge in [0.2, 0.25) is 6.79 Å². The molecule has 1 aromatic carbocycles. The first-order valence-electron chi connectivity index (χ1n) is 8.89. The molecule has 0 spiro atoms. The summed E-state index contributed by atoms with van der Waals surface area (Å²) in [7, 11) is 1.64. The first-order chi connectivity index (χ1) is 13.0. The highest BCUT2D eigenvalue weighted by Crippen LogP contribution is 2.38. The van der Waals surface area contributed by atoms with Crippen LogP contribution in [0.3, 0.4) is 0 Å². The molecule has 0 saturated heterocycles. The fourth-order valence-corrected chi connectivity index (χ4v) is 2.41. The van der Waals surface area contributed by atoms with Crippen molar-refractivity contribution in [2.24, 2.45) is 10.9 Å². The van der Waals surface area contributed by atoms with Gasteiger partial charge in [-0.05, 0) is 18.4 Å². The third kappa shape index (κ3) is 8.21. The quantitative estimate of drug-likeness (QED) is 0.216. The molecule has 0 radical (unpaired) electrons. The maximum atomic E-state index is 12.7. The number of fused-ring (bicyclic) bond motifs is 1. The Morgan fingerprint density at radius 1 is 1.21 bits per heavy atom. The van der Waals surface area contributed by atoms with Crippen LogP contribution in [0, 0.1) is 5.92 Å². The maximum absolute atomic E-state index is 12.7. The molecule has 0 aliphatic carbocycles. The molecule has 2 N–H and O–H groups in total. The van der Waals surface area contributed by atoms with Crippen LogP contribution in [-0.4, -0.2) is 46.2 Å². The molecule has 7 nitrogen and oxygen atoms in total. The standard InChI is InChI=1S/C18H27F2N3O4.HI/c1-12(2)10-24-6-4-5-22-18(21-3)23-9-13-7-15-16(26-11-25-15)8-14(13)27-17(19)20;/h7-8,12,17H,4-6,9-11H2,1-3H3,(H2,21,22,23);1H. The summed E-state index contributed by atoms with van der Waals surface area (Å²) in [5.41, 5.74) is 0.516. The van der Waals surface area contributed by atoms with Gasteiger partial charge < -0.3 is 29.6 Å². The van der Waals surface area contributed by atoms with Gasteiger partial charge >= 0.3 is 6.61 Å². The molecule has 0 bridgehead atoms. The lowest BCUT2D eigenvalue weighted by atomic mass is 10.1. The van der Waals surface area contributed by atoms with Crippen molar-refractivity contribution in [3.8, 4) is 17.2 Å². The van der Waals surface area contributed by atoms with E-state index in [0.29, 0.717) is 42.1 Å². The fraction of sp³-hybridized carbons (Fsp3) is 0.611. The van der Waals surface area contributed by atoms with Crippen LogP contribution in [0.4, 0.5) is 8.78 Å². The lowest BCUT2D eigenvalue weighted by molar-refractivity contribution is -0.0505. The van der Waals surface area contributed by atoms with Gasteiger partial charge in [-0.3, -0.25) is 4.99 Å². The van der Waals surface area contributed by atoms with Crippen LogP contribution in [0.25, 0.3) is 0 Å². The van der Waals surface area contributed by atoms with Crippen molar-refractivity contribution in [3.05, 3.63) is 17.7 Å². The molecule has 1 aliphatic heterocycles. The van der Waals surface area contributed by atoms with Crippen LogP contribution < -0.4 is 24.8 Å². The summed E-state index contributed by atoms with van der Waals surface area (Å²) in [6.07, 6.45) is 0.831. The van der Waals surface area contributed by atoms with E-state index in [4.69, 9.17) is 14.2 Å². The number of nitrogens with one attached hydrogen (secondary N) is 2. The molecule has 0 amide bonds. The molecule has 1 aromatic rings. The van der Waals surface area contributed by atoms with Crippen molar-refractivity contribution < 1.29 is 27.7 Å². The molecule has 28 heavy (non-hydrogen) atoms.